The van der Waals surface area contributed by atoms with E-state index in [1.807, 2.05) is 62.4 Å². The van der Waals surface area contributed by atoms with Crippen molar-refractivity contribution >= 4 is 17.4 Å². The van der Waals surface area contributed by atoms with E-state index in [2.05, 4.69) is 18.0 Å². The van der Waals surface area contributed by atoms with Crippen LogP contribution in [0.3, 0.4) is 0 Å². The van der Waals surface area contributed by atoms with Crippen molar-refractivity contribution in [1.82, 2.24) is 5.32 Å². The molecule has 0 unspecified atom stereocenters. The van der Waals surface area contributed by atoms with Crippen LogP contribution in [0.4, 0.5) is 0 Å². The second-order valence-corrected chi connectivity index (χ2v) is 9.97. The topological polar surface area (TPSA) is 97.7 Å². The molecule has 0 spiro atoms. The van der Waals surface area contributed by atoms with E-state index in [4.69, 9.17) is 14.2 Å². The highest BCUT2D eigenvalue weighted by molar-refractivity contribution is 6.23. The molecule has 0 aromatic heterocycles. The normalized spacial score (nSPS) is 15.4. The zero-order chi connectivity index (χ0) is 29.8. The number of carbonyl (C=O) groups is 2. The highest BCUT2D eigenvalue weighted by atomic mass is 16.5. The molecule has 2 aliphatic rings. The van der Waals surface area contributed by atoms with Crippen molar-refractivity contribution in [3.8, 4) is 17.6 Å². The number of Topliss-reactive ketones (excluding diaryl/α,β-unsaturated/α-hetero) is 1. The van der Waals surface area contributed by atoms with Crippen molar-refractivity contribution in [3.63, 3.8) is 0 Å². The van der Waals surface area contributed by atoms with E-state index in [0.717, 1.165) is 16.7 Å². The Morgan fingerprint density at radius 1 is 1.02 bits per heavy atom. The first-order chi connectivity index (χ1) is 20.4. The van der Waals surface area contributed by atoms with Crippen molar-refractivity contribution in [1.29, 1.82) is 5.26 Å². The molecule has 42 heavy (non-hydrogen) atoms. The zero-order valence-electron chi connectivity index (χ0n) is 24.0. The maximum absolute atomic E-state index is 13.9. The minimum absolute atomic E-state index is 0.135. The zero-order valence-corrected chi connectivity index (χ0v) is 24.0. The third-order valence-electron chi connectivity index (χ3n) is 7.41. The van der Waals surface area contributed by atoms with Gasteiger partial charge in [-0.2, -0.15) is 5.26 Å². The van der Waals surface area contributed by atoms with Gasteiger partial charge < -0.3 is 19.5 Å². The standard InChI is InChI=1S/C35H32N2O5/c1-5-12-22-17-25(18-28(40-6-2)34(22)42-20-24-14-9-8-13-23(24)19-36)30-29(35(39)41-7-3)21(4)37-32-26-15-10-11-16-27(26)33(38)31(30)32/h5,8-11,13-18,30,37H,1,6-7,12,20H2,2-4H3/t30-/m0/s1. The fourth-order valence-corrected chi connectivity index (χ4v) is 5.63. The molecular weight excluding hydrogens is 528 g/mol. The number of ether oxygens (including phenoxy) is 3. The molecule has 5 rings (SSSR count). The van der Waals surface area contributed by atoms with Gasteiger partial charge in [0.2, 0.25) is 0 Å². The van der Waals surface area contributed by atoms with Crippen molar-refractivity contribution < 1.29 is 23.8 Å². The lowest BCUT2D eigenvalue weighted by Gasteiger charge is -2.30. The summed E-state index contributed by atoms with van der Waals surface area (Å²) in [6, 6.07) is 20.7. The molecule has 0 fully saturated rings. The monoisotopic (exact) mass is 560 g/mol. The van der Waals surface area contributed by atoms with Crippen molar-refractivity contribution in [2.24, 2.45) is 0 Å². The SMILES string of the molecule is C=CCc1cc([C@H]2C(C(=O)OCC)=C(C)NC3=C2C(=O)c2ccccc23)cc(OCC)c1OCc1ccccc1C#N. The summed E-state index contributed by atoms with van der Waals surface area (Å²) >= 11 is 0. The number of esters is 1. The number of nitrogens with zero attached hydrogens (tertiary/aromatic N) is 1. The molecule has 212 valence electrons. The lowest BCUT2D eigenvalue weighted by Crippen LogP contribution is -2.29. The second kappa shape index (κ2) is 12.2. The van der Waals surface area contributed by atoms with E-state index < -0.39 is 11.9 Å². The summed E-state index contributed by atoms with van der Waals surface area (Å²) in [6.07, 6.45) is 2.22. The molecule has 1 aliphatic carbocycles. The highest BCUT2D eigenvalue weighted by Gasteiger charge is 2.43. The van der Waals surface area contributed by atoms with Crippen molar-refractivity contribution in [3.05, 3.63) is 124 Å². The summed E-state index contributed by atoms with van der Waals surface area (Å²) in [6.45, 7) is 10.1. The first-order valence-corrected chi connectivity index (χ1v) is 14.0. The number of rotatable bonds is 10. The van der Waals surface area contributed by atoms with Crippen molar-refractivity contribution in [2.45, 2.75) is 39.7 Å². The van der Waals surface area contributed by atoms with Gasteiger partial charge in [0.25, 0.3) is 0 Å². The number of hydrogen-bond donors (Lipinski definition) is 1. The molecule has 0 radical (unpaired) electrons. The van der Waals surface area contributed by atoms with Crippen LogP contribution in [0.1, 0.15) is 64.9 Å². The molecule has 3 aromatic carbocycles. The van der Waals surface area contributed by atoms with Gasteiger partial charge in [0.1, 0.15) is 6.61 Å². The molecule has 1 atom stereocenters. The Hall–Kier alpha value is -5.09. The van der Waals surface area contributed by atoms with E-state index in [9.17, 15) is 14.9 Å². The van der Waals surface area contributed by atoms with Gasteiger partial charge in [0.15, 0.2) is 17.3 Å². The number of hydrogen-bond acceptors (Lipinski definition) is 7. The molecule has 0 saturated carbocycles. The molecule has 0 saturated heterocycles. The Morgan fingerprint density at radius 2 is 1.76 bits per heavy atom. The lowest BCUT2D eigenvalue weighted by atomic mass is 9.79. The van der Waals surface area contributed by atoms with Crippen LogP contribution >= 0.6 is 0 Å². The number of ketones is 1. The molecule has 0 amide bonds. The number of nitrogens with one attached hydrogen (secondary N) is 1. The quantitative estimate of drug-likeness (QED) is 0.226. The van der Waals surface area contributed by atoms with Gasteiger partial charge in [-0.15, -0.1) is 6.58 Å². The van der Waals surface area contributed by atoms with Crippen LogP contribution in [0, 0.1) is 11.3 Å². The molecule has 7 nitrogen and oxygen atoms in total. The Morgan fingerprint density at radius 3 is 2.48 bits per heavy atom. The summed E-state index contributed by atoms with van der Waals surface area (Å²) in [5, 5.41) is 12.9. The van der Waals surface area contributed by atoms with Gasteiger partial charge in [0, 0.05) is 39.4 Å². The van der Waals surface area contributed by atoms with Crippen molar-refractivity contribution in [2.75, 3.05) is 13.2 Å². The summed E-state index contributed by atoms with van der Waals surface area (Å²) in [5.41, 5.74) is 6.35. The minimum Gasteiger partial charge on any atom is -0.490 e. The summed E-state index contributed by atoms with van der Waals surface area (Å²) in [5.74, 6) is -0.318. The van der Waals surface area contributed by atoms with E-state index in [1.165, 1.54) is 0 Å². The molecule has 0 bridgehead atoms. The maximum atomic E-state index is 13.9. The van der Waals surface area contributed by atoms with E-state index >= 15 is 0 Å². The van der Waals surface area contributed by atoms with Crippen LogP contribution in [0.25, 0.3) is 5.70 Å². The summed E-state index contributed by atoms with van der Waals surface area (Å²) in [7, 11) is 0. The molecule has 7 heteroatoms. The van der Waals surface area contributed by atoms with Crippen LogP contribution < -0.4 is 14.8 Å². The third kappa shape index (κ3) is 5.08. The van der Waals surface area contributed by atoms with Gasteiger partial charge >= 0.3 is 5.97 Å². The first-order valence-electron chi connectivity index (χ1n) is 14.0. The fourth-order valence-electron chi connectivity index (χ4n) is 5.63. The molecule has 1 heterocycles. The maximum Gasteiger partial charge on any atom is 0.336 e. The van der Waals surface area contributed by atoms with Crippen LogP contribution in [0.5, 0.6) is 11.5 Å². The Labute approximate surface area is 245 Å². The summed E-state index contributed by atoms with van der Waals surface area (Å²) in [4.78, 5) is 27.3. The van der Waals surface area contributed by atoms with Crippen LogP contribution in [-0.2, 0) is 22.6 Å². The number of carbonyl (C=O) groups excluding carboxylic acids is 2. The number of dihydropyridines is 1. The van der Waals surface area contributed by atoms with Crippen LogP contribution in [0.2, 0.25) is 0 Å². The van der Waals surface area contributed by atoms with Gasteiger partial charge in [-0.3, -0.25) is 4.79 Å². The number of benzene rings is 3. The van der Waals surface area contributed by atoms with E-state index in [0.29, 0.717) is 63.8 Å². The average molecular weight is 561 g/mol. The molecule has 1 aliphatic heterocycles. The van der Waals surface area contributed by atoms with Crippen LogP contribution in [-0.4, -0.2) is 25.0 Å². The van der Waals surface area contributed by atoms with E-state index in [1.54, 1.807) is 25.1 Å². The van der Waals surface area contributed by atoms with Gasteiger partial charge in [0.05, 0.1) is 36.1 Å². The van der Waals surface area contributed by atoms with E-state index in [-0.39, 0.29) is 19.0 Å². The highest BCUT2D eigenvalue weighted by Crippen LogP contribution is 2.49. The van der Waals surface area contributed by atoms with Gasteiger partial charge in [-0.1, -0.05) is 54.6 Å². The number of fused-ring (bicyclic) bond motifs is 2. The predicted octanol–water partition coefficient (Wildman–Crippen LogP) is 6.40. The molecular formula is C35H32N2O5. The Kier molecular flexibility index (Phi) is 8.26. The molecule has 3 aromatic rings. The lowest BCUT2D eigenvalue weighted by molar-refractivity contribution is -0.138. The largest absolute Gasteiger partial charge is 0.490 e. The number of allylic oxidation sites excluding steroid dienone is 3. The van der Waals surface area contributed by atoms with Gasteiger partial charge in [-0.05, 0) is 44.9 Å². The first kappa shape index (κ1) is 28.4. The predicted molar refractivity (Wildman–Crippen MR) is 160 cm³/mol. The Balaban J connectivity index is 1.67. The average Bonchev–Trinajstić information content (AvgIpc) is 3.27. The summed E-state index contributed by atoms with van der Waals surface area (Å²) < 4.78 is 17.9. The minimum atomic E-state index is -0.698. The third-order valence-corrected chi connectivity index (χ3v) is 7.41. The number of nitriles is 1. The fraction of sp³-hybridized carbons (Fsp3) is 0.229. The Bertz CT molecular complexity index is 1690. The molecule has 1 N–H and O–H groups in total. The second-order valence-electron chi connectivity index (χ2n) is 9.97. The smallest absolute Gasteiger partial charge is 0.336 e. The van der Waals surface area contributed by atoms with Gasteiger partial charge in [-0.25, -0.2) is 4.79 Å². The van der Waals surface area contributed by atoms with Crippen LogP contribution in [0.15, 0.2) is 90.2 Å².